The van der Waals surface area contributed by atoms with Gasteiger partial charge in [-0.2, -0.15) is 0 Å². The number of rotatable bonds is 6. The van der Waals surface area contributed by atoms with E-state index in [4.69, 9.17) is 16.3 Å². The van der Waals surface area contributed by atoms with Crippen molar-refractivity contribution in [2.75, 3.05) is 33.1 Å². The summed E-state index contributed by atoms with van der Waals surface area (Å²) < 4.78 is 5.78. The summed E-state index contributed by atoms with van der Waals surface area (Å²) in [6.07, 6.45) is 1.19. The number of carbonyl (C=O) groups is 1. The molecule has 112 valence electrons. The van der Waals surface area contributed by atoms with E-state index in [9.17, 15) is 4.79 Å². The van der Waals surface area contributed by atoms with Gasteiger partial charge in [-0.15, -0.1) is 11.6 Å². The zero-order chi connectivity index (χ0) is 15.4. The Morgan fingerprint density at radius 2 is 1.90 bits per heavy atom. The number of esters is 1. The van der Waals surface area contributed by atoms with Crippen LogP contribution in [0.2, 0.25) is 0 Å². The number of quaternary nitrogens is 1. The molecule has 0 fully saturated rings. The number of nitrogens with zero attached hydrogens (tertiary/aromatic N) is 1. The number of likely N-dealkylation sites (N-methyl/N-ethyl adjacent to an activating group) is 1. The van der Waals surface area contributed by atoms with E-state index in [1.54, 1.807) is 0 Å². The quantitative estimate of drug-likeness (QED) is 0.349. The van der Waals surface area contributed by atoms with Crippen LogP contribution in [0.15, 0.2) is 43.0 Å². The molecule has 0 heterocycles. The molecule has 0 atom stereocenters. The van der Waals surface area contributed by atoms with Gasteiger partial charge in [-0.3, -0.25) is 0 Å². The minimum atomic E-state index is -0.357. The van der Waals surface area contributed by atoms with E-state index in [-0.39, 0.29) is 5.97 Å². The zero-order valence-corrected chi connectivity index (χ0v) is 13.4. The predicted octanol–water partition coefficient (Wildman–Crippen LogP) is 3.24. The maximum atomic E-state index is 10.9. The molecule has 0 aromatic heterocycles. The van der Waals surface area contributed by atoms with Gasteiger partial charge < -0.3 is 9.22 Å². The molecule has 1 rings (SSSR count). The van der Waals surface area contributed by atoms with Crippen molar-refractivity contribution >= 4 is 17.6 Å². The van der Waals surface area contributed by atoms with E-state index >= 15 is 0 Å². The first-order chi connectivity index (χ1) is 9.45. The maximum Gasteiger partial charge on any atom is 0.330 e. The van der Waals surface area contributed by atoms with Gasteiger partial charge in [0, 0.05) is 17.5 Å². The molecule has 0 spiro atoms. The first kappa shape index (κ1) is 18.7. The Labute approximate surface area is 127 Å². The lowest BCUT2D eigenvalue weighted by atomic mass is 10.2. The minimum Gasteiger partial charge on any atom is -0.457 e. The average molecular weight is 299 g/mol. The summed E-state index contributed by atoms with van der Waals surface area (Å²) in [6, 6.07) is 10.3. The second-order valence-corrected chi connectivity index (χ2v) is 5.48. The summed E-state index contributed by atoms with van der Waals surface area (Å²) in [5, 5.41) is 0. The van der Waals surface area contributed by atoms with E-state index in [2.05, 4.69) is 32.8 Å². The largest absolute Gasteiger partial charge is 0.457 e. The van der Waals surface area contributed by atoms with Crippen molar-refractivity contribution in [1.29, 1.82) is 0 Å². The lowest BCUT2D eigenvalue weighted by molar-refractivity contribution is -0.903. The van der Waals surface area contributed by atoms with Crippen molar-refractivity contribution in [2.45, 2.75) is 13.5 Å². The standard InChI is InChI=1S/C14H20NO2.C2H5Cl/c1-4-14(16)17-11-10-15(2,3)12-13-8-6-5-7-9-13;1-2-3/h4-9H,1,10-12H2,2-3H3;2H2,1H3/q+1;. The molecular weight excluding hydrogens is 274 g/mol. The molecule has 0 aliphatic rings. The molecule has 0 aliphatic heterocycles. The Kier molecular flexibility index (Phi) is 9.77. The molecule has 0 bridgehead atoms. The van der Waals surface area contributed by atoms with Crippen LogP contribution in [0.3, 0.4) is 0 Å². The molecule has 1 aromatic rings. The summed E-state index contributed by atoms with van der Waals surface area (Å²) >= 11 is 5.00. The highest BCUT2D eigenvalue weighted by Crippen LogP contribution is 2.08. The summed E-state index contributed by atoms with van der Waals surface area (Å²) in [5.41, 5.74) is 1.28. The third kappa shape index (κ3) is 9.59. The molecule has 1 aromatic carbocycles. The lowest BCUT2D eigenvalue weighted by Crippen LogP contribution is -2.41. The number of hydrogen-bond acceptors (Lipinski definition) is 2. The SMILES string of the molecule is C=CC(=O)OCC[N+](C)(C)Cc1ccccc1.CCCl. The van der Waals surface area contributed by atoms with E-state index in [1.807, 2.05) is 25.1 Å². The van der Waals surface area contributed by atoms with Crippen molar-refractivity contribution in [2.24, 2.45) is 0 Å². The molecule has 3 nitrogen and oxygen atoms in total. The number of halogens is 1. The number of benzene rings is 1. The lowest BCUT2D eigenvalue weighted by Gasteiger charge is -2.29. The Morgan fingerprint density at radius 3 is 2.40 bits per heavy atom. The summed E-state index contributed by atoms with van der Waals surface area (Å²) in [6.45, 7) is 7.38. The molecule has 0 N–H and O–H groups in total. The highest BCUT2D eigenvalue weighted by atomic mass is 35.5. The fourth-order valence-corrected chi connectivity index (χ4v) is 1.61. The fourth-order valence-electron chi connectivity index (χ4n) is 1.61. The third-order valence-corrected chi connectivity index (χ3v) is 2.56. The molecule has 0 unspecified atom stereocenters. The first-order valence-electron chi connectivity index (χ1n) is 6.66. The molecule has 0 radical (unpaired) electrons. The van der Waals surface area contributed by atoms with Crippen LogP contribution in [-0.4, -0.2) is 43.6 Å². The second kappa shape index (κ2) is 10.5. The summed E-state index contributed by atoms with van der Waals surface area (Å²) in [4.78, 5) is 10.9. The van der Waals surface area contributed by atoms with Crippen molar-refractivity contribution in [3.63, 3.8) is 0 Å². The van der Waals surface area contributed by atoms with Crippen LogP contribution in [-0.2, 0) is 16.1 Å². The zero-order valence-electron chi connectivity index (χ0n) is 12.6. The molecule has 4 heteroatoms. The normalized spacial score (nSPS) is 10.2. The fraction of sp³-hybridized carbons (Fsp3) is 0.438. The highest BCUT2D eigenvalue weighted by Gasteiger charge is 2.16. The molecule has 0 saturated heterocycles. The van der Waals surface area contributed by atoms with Crippen LogP contribution in [0, 0.1) is 0 Å². The van der Waals surface area contributed by atoms with E-state index in [1.165, 1.54) is 11.6 Å². The van der Waals surface area contributed by atoms with Gasteiger partial charge in [0.15, 0.2) is 0 Å². The van der Waals surface area contributed by atoms with Crippen LogP contribution < -0.4 is 0 Å². The monoisotopic (exact) mass is 298 g/mol. The molecular formula is C16H25ClNO2+. The van der Waals surface area contributed by atoms with Gasteiger partial charge in [0.25, 0.3) is 0 Å². The van der Waals surface area contributed by atoms with Crippen molar-refractivity contribution in [1.82, 2.24) is 0 Å². The summed E-state index contributed by atoms with van der Waals surface area (Å²) in [5.74, 6) is 0.365. The van der Waals surface area contributed by atoms with Crippen molar-refractivity contribution in [3.8, 4) is 0 Å². The highest BCUT2D eigenvalue weighted by molar-refractivity contribution is 6.17. The minimum absolute atomic E-state index is 0.357. The topological polar surface area (TPSA) is 26.3 Å². The van der Waals surface area contributed by atoms with Gasteiger partial charge in [0.1, 0.15) is 19.7 Å². The second-order valence-electron chi connectivity index (χ2n) is 4.94. The smallest absolute Gasteiger partial charge is 0.330 e. The van der Waals surface area contributed by atoms with E-state index in [0.29, 0.717) is 6.61 Å². The van der Waals surface area contributed by atoms with Gasteiger partial charge in [0.05, 0.1) is 14.1 Å². The van der Waals surface area contributed by atoms with Crippen LogP contribution in [0.4, 0.5) is 0 Å². The van der Waals surface area contributed by atoms with E-state index < -0.39 is 0 Å². The number of alkyl halides is 1. The summed E-state index contributed by atoms with van der Waals surface area (Å²) in [7, 11) is 4.24. The Balaban J connectivity index is 0.00000110. The molecule has 0 saturated carbocycles. The van der Waals surface area contributed by atoms with Crippen LogP contribution in [0.25, 0.3) is 0 Å². The van der Waals surface area contributed by atoms with Crippen molar-refractivity contribution < 1.29 is 14.0 Å². The number of carbonyl (C=O) groups excluding carboxylic acids is 1. The van der Waals surface area contributed by atoms with Crippen LogP contribution >= 0.6 is 11.6 Å². The third-order valence-electron chi connectivity index (χ3n) is 2.56. The Morgan fingerprint density at radius 1 is 1.35 bits per heavy atom. The van der Waals surface area contributed by atoms with Gasteiger partial charge in [-0.25, -0.2) is 4.79 Å². The molecule has 0 aliphatic carbocycles. The maximum absolute atomic E-state index is 10.9. The predicted molar refractivity (Wildman–Crippen MR) is 84.7 cm³/mol. The molecule has 0 amide bonds. The van der Waals surface area contributed by atoms with Gasteiger partial charge in [0.2, 0.25) is 0 Å². The van der Waals surface area contributed by atoms with Crippen LogP contribution in [0.1, 0.15) is 12.5 Å². The Bertz CT molecular complexity index is 391. The van der Waals surface area contributed by atoms with Crippen LogP contribution in [0.5, 0.6) is 0 Å². The van der Waals surface area contributed by atoms with Gasteiger partial charge in [-0.05, 0) is 0 Å². The van der Waals surface area contributed by atoms with E-state index in [0.717, 1.165) is 23.5 Å². The van der Waals surface area contributed by atoms with Gasteiger partial charge in [-0.1, -0.05) is 43.8 Å². The number of ether oxygens (including phenoxy) is 1. The number of hydrogen-bond donors (Lipinski definition) is 0. The van der Waals surface area contributed by atoms with Crippen molar-refractivity contribution in [3.05, 3.63) is 48.6 Å². The Hall–Kier alpha value is -1.32. The average Bonchev–Trinajstić information content (AvgIpc) is 2.39. The van der Waals surface area contributed by atoms with Gasteiger partial charge >= 0.3 is 5.97 Å². The molecule has 20 heavy (non-hydrogen) atoms. The first-order valence-corrected chi connectivity index (χ1v) is 7.19.